The van der Waals surface area contributed by atoms with E-state index in [4.69, 9.17) is 0 Å². The van der Waals surface area contributed by atoms with E-state index in [0.717, 1.165) is 38.1 Å². The Kier molecular flexibility index (Phi) is 12.1. The molecule has 4 nitrogen and oxygen atoms in total. The summed E-state index contributed by atoms with van der Waals surface area (Å²) in [7, 11) is 0. The minimum absolute atomic E-state index is 0.0355. The van der Waals surface area contributed by atoms with E-state index in [1.165, 1.54) is 57.8 Å². The van der Waals surface area contributed by atoms with E-state index < -0.39 is 5.97 Å². The Balaban J connectivity index is 2.27. The lowest BCUT2D eigenvalue weighted by molar-refractivity contribution is -0.697. The summed E-state index contributed by atoms with van der Waals surface area (Å²) in [4.78, 5) is 10.9. The molecule has 0 radical (unpaired) electrons. The van der Waals surface area contributed by atoms with Gasteiger partial charge in [-0.25, -0.2) is 9.13 Å². The molecule has 1 aromatic rings. The third kappa shape index (κ3) is 9.66. The molecule has 144 valence electrons. The zero-order valence-corrected chi connectivity index (χ0v) is 16.5. The van der Waals surface area contributed by atoms with Crippen LogP contribution in [0.1, 0.15) is 96.7 Å². The van der Waals surface area contributed by atoms with E-state index in [1.54, 1.807) is 0 Å². The molecular formula is C21H38N2O2. The molecule has 1 heterocycles. The number of imidazole rings is 1. The number of carboxylic acid groups (broad SMARTS) is 1. The summed E-state index contributed by atoms with van der Waals surface area (Å²) in [6, 6.07) is 0. The standard InChI is InChI=1S/C21H38N2O2/c1-3-5-7-8-9-10-11-12-13-14-15-20-22(16-6-4-2)17-18-23(20)19-21(24)25/h17-18H,3-16,19H2,1-2H3. The molecule has 0 aromatic carbocycles. The number of hydrogen-bond donors (Lipinski definition) is 0. The van der Waals surface area contributed by atoms with Gasteiger partial charge in [0, 0.05) is 6.42 Å². The zero-order chi connectivity index (χ0) is 18.3. The maximum Gasteiger partial charge on any atom is 0.256 e. The molecule has 0 saturated carbocycles. The van der Waals surface area contributed by atoms with E-state index >= 15 is 0 Å². The number of aryl methyl sites for hydroxylation is 1. The number of unbranched alkanes of at least 4 members (excludes halogenated alkanes) is 10. The Morgan fingerprint density at radius 3 is 2.04 bits per heavy atom. The number of carbonyl (C=O) groups is 1. The van der Waals surface area contributed by atoms with Crippen LogP contribution in [0.25, 0.3) is 0 Å². The van der Waals surface area contributed by atoms with Gasteiger partial charge in [0.1, 0.15) is 18.9 Å². The van der Waals surface area contributed by atoms with Crippen LogP contribution in [0.4, 0.5) is 0 Å². The Morgan fingerprint density at radius 2 is 1.48 bits per heavy atom. The molecule has 0 atom stereocenters. The van der Waals surface area contributed by atoms with Gasteiger partial charge in [-0.2, -0.15) is 0 Å². The van der Waals surface area contributed by atoms with Crippen LogP contribution in [0.5, 0.6) is 0 Å². The lowest BCUT2D eigenvalue weighted by Crippen LogP contribution is -2.45. The van der Waals surface area contributed by atoms with Crippen molar-refractivity contribution in [1.29, 1.82) is 0 Å². The van der Waals surface area contributed by atoms with Gasteiger partial charge in [0.25, 0.3) is 5.82 Å². The van der Waals surface area contributed by atoms with Crippen molar-refractivity contribution in [2.45, 2.75) is 110 Å². The summed E-state index contributed by atoms with van der Waals surface area (Å²) in [5.74, 6) is 0.125. The molecule has 0 N–H and O–H groups in total. The first-order valence-corrected chi connectivity index (χ1v) is 10.5. The second-order valence-corrected chi connectivity index (χ2v) is 7.19. The third-order valence-corrected chi connectivity index (χ3v) is 4.90. The zero-order valence-electron chi connectivity index (χ0n) is 16.5. The Morgan fingerprint density at radius 1 is 0.920 bits per heavy atom. The van der Waals surface area contributed by atoms with Gasteiger partial charge in [-0.15, -0.1) is 0 Å². The fourth-order valence-corrected chi connectivity index (χ4v) is 3.37. The summed E-state index contributed by atoms with van der Waals surface area (Å²) in [5, 5.41) is 10.9. The minimum Gasteiger partial charge on any atom is -0.546 e. The molecule has 0 saturated heterocycles. The van der Waals surface area contributed by atoms with Gasteiger partial charge in [-0.3, -0.25) is 0 Å². The molecule has 0 aliphatic rings. The molecule has 0 amide bonds. The predicted octanol–water partition coefficient (Wildman–Crippen LogP) is 3.79. The van der Waals surface area contributed by atoms with Crippen LogP contribution in [0.3, 0.4) is 0 Å². The quantitative estimate of drug-likeness (QED) is 0.336. The van der Waals surface area contributed by atoms with E-state index in [0.29, 0.717) is 0 Å². The topological polar surface area (TPSA) is 48.9 Å². The fraction of sp³-hybridized carbons (Fsp3) is 0.810. The predicted molar refractivity (Wildman–Crippen MR) is 100 cm³/mol. The molecule has 0 fully saturated rings. The molecule has 0 aliphatic carbocycles. The number of carbonyl (C=O) groups excluding carboxylic acids is 1. The summed E-state index contributed by atoms with van der Waals surface area (Å²) in [6.07, 6.45) is 20.4. The van der Waals surface area contributed by atoms with Crippen LogP contribution >= 0.6 is 0 Å². The van der Waals surface area contributed by atoms with Gasteiger partial charge in [0.15, 0.2) is 0 Å². The first-order valence-electron chi connectivity index (χ1n) is 10.5. The summed E-state index contributed by atoms with van der Waals surface area (Å²) < 4.78 is 4.07. The maximum atomic E-state index is 10.9. The van der Waals surface area contributed by atoms with Crippen LogP contribution in [-0.2, 0) is 24.3 Å². The number of aliphatic carboxylic acids is 1. The van der Waals surface area contributed by atoms with Crippen LogP contribution in [0.2, 0.25) is 0 Å². The average Bonchev–Trinajstić information content (AvgIpc) is 2.95. The number of hydrogen-bond acceptors (Lipinski definition) is 2. The molecule has 0 spiro atoms. The molecule has 0 bridgehead atoms. The number of nitrogens with zero attached hydrogens (tertiary/aromatic N) is 2. The highest BCUT2D eigenvalue weighted by molar-refractivity contribution is 5.62. The van der Waals surface area contributed by atoms with Crippen LogP contribution < -0.4 is 9.67 Å². The van der Waals surface area contributed by atoms with Crippen molar-refractivity contribution in [1.82, 2.24) is 4.57 Å². The van der Waals surface area contributed by atoms with E-state index in [1.807, 2.05) is 17.0 Å². The summed E-state index contributed by atoms with van der Waals surface area (Å²) >= 11 is 0. The molecular weight excluding hydrogens is 312 g/mol. The van der Waals surface area contributed by atoms with Gasteiger partial charge in [-0.1, -0.05) is 78.1 Å². The van der Waals surface area contributed by atoms with Crippen molar-refractivity contribution in [3.8, 4) is 0 Å². The maximum absolute atomic E-state index is 10.9. The summed E-state index contributed by atoms with van der Waals surface area (Å²) in [6.45, 7) is 5.38. The van der Waals surface area contributed by atoms with Crippen molar-refractivity contribution in [3.05, 3.63) is 18.2 Å². The lowest BCUT2D eigenvalue weighted by Gasteiger charge is -2.06. The van der Waals surface area contributed by atoms with E-state index in [9.17, 15) is 9.90 Å². The molecule has 0 unspecified atom stereocenters. The SMILES string of the molecule is CCCCCCCCCCCCc1n(CCCC)cc[n+]1CC(=O)[O-]. The molecule has 25 heavy (non-hydrogen) atoms. The van der Waals surface area contributed by atoms with Crippen molar-refractivity contribution in [2.24, 2.45) is 0 Å². The second-order valence-electron chi connectivity index (χ2n) is 7.19. The Hall–Kier alpha value is -1.32. The highest BCUT2D eigenvalue weighted by atomic mass is 16.4. The molecule has 4 heteroatoms. The Labute approximate surface area is 154 Å². The lowest BCUT2D eigenvalue weighted by atomic mass is 10.1. The normalized spacial score (nSPS) is 11.1. The number of carboxylic acids is 1. The molecule has 1 aromatic heterocycles. The van der Waals surface area contributed by atoms with Crippen LogP contribution in [-0.4, -0.2) is 10.5 Å². The average molecular weight is 351 g/mol. The van der Waals surface area contributed by atoms with Crippen LogP contribution in [0, 0.1) is 0 Å². The first-order chi connectivity index (χ1) is 12.2. The minimum atomic E-state index is -1.01. The highest BCUT2D eigenvalue weighted by Crippen LogP contribution is 2.12. The van der Waals surface area contributed by atoms with Crippen molar-refractivity contribution in [3.63, 3.8) is 0 Å². The van der Waals surface area contributed by atoms with Gasteiger partial charge < -0.3 is 9.90 Å². The van der Waals surface area contributed by atoms with Crippen molar-refractivity contribution in [2.75, 3.05) is 0 Å². The van der Waals surface area contributed by atoms with Crippen LogP contribution in [0.15, 0.2) is 12.4 Å². The highest BCUT2D eigenvalue weighted by Gasteiger charge is 2.16. The molecule has 0 aliphatic heterocycles. The van der Waals surface area contributed by atoms with Gasteiger partial charge in [0.2, 0.25) is 0 Å². The first kappa shape index (κ1) is 21.7. The van der Waals surface area contributed by atoms with E-state index in [-0.39, 0.29) is 6.54 Å². The van der Waals surface area contributed by atoms with Gasteiger partial charge in [-0.05, 0) is 12.8 Å². The monoisotopic (exact) mass is 350 g/mol. The van der Waals surface area contributed by atoms with Gasteiger partial charge >= 0.3 is 0 Å². The summed E-state index contributed by atoms with van der Waals surface area (Å²) in [5.41, 5.74) is 0. The fourth-order valence-electron chi connectivity index (χ4n) is 3.37. The second kappa shape index (κ2) is 13.9. The van der Waals surface area contributed by atoms with Crippen molar-refractivity contribution < 1.29 is 14.5 Å². The number of aromatic nitrogens is 2. The number of rotatable bonds is 16. The van der Waals surface area contributed by atoms with Crippen molar-refractivity contribution >= 4 is 5.97 Å². The smallest absolute Gasteiger partial charge is 0.256 e. The molecule has 1 rings (SSSR count). The Bertz CT molecular complexity index is 468. The third-order valence-electron chi connectivity index (χ3n) is 4.90. The largest absolute Gasteiger partial charge is 0.546 e. The van der Waals surface area contributed by atoms with E-state index in [2.05, 4.69) is 18.4 Å². The van der Waals surface area contributed by atoms with Gasteiger partial charge in [0.05, 0.1) is 12.5 Å².